The summed E-state index contributed by atoms with van der Waals surface area (Å²) >= 11 is 0. The molecule has 1 aliphatic heterocycles. The van der Waals surface area contributed by atoms with Gasteiger partial charge in [-0.15, -0.1) is 12.4 Å². The van der Waals surface area contributed by atoms with Crippen molar-refractivity contribution in [3.8, 4) is 11.5 Å². The molecule has 0 aliphatic carbocycles. The highest BCUT2D eigenvalue weighted by Gasteiger charge is 2.34. The largest absolute Gasteiger partial charge is 0.490 e. The summed E-state index contributed by atoms with van der Waals surface area (Å²) in [5, 5.41) is 10.2. The molecule has 3 rings (SSSR count). The number of nitrogens with one attached hydrogen (secondary N) is 2. The van der Waals surface area contributed by atoms with Crippen molar-refractivity contribution in [1.29, 1.82) is 0 Å². The van der Waals surface area contributed by atoms with E-state index < -0.39 is 6.61 Å². The predicted molar refractivity (Wildman–Crippen MR) is 106 cm³/mol. The lowest BCUT2D eigenvalue weighted by Gasteiger charge is -2.19. The third kappa shape index (κ3) is 5.57. The van der Waals surface area contributed by atoms with Gasteiger partial charge in [0, 0.05) is 44.4 Å². The highest BCUT2D eigenvalue weighted by molar-refractivity contribution is 5.85. The molecule has 10 heteroatoms. The Hall–Kier alpha value is -2.39. The van der Waals surface area contributed by atoms with E-state index in [1.54, 1.807) is 36.0 Å². The molecule has 0 unspecified atom stereocenters. The molecule has 1 saturated heterocycles. The Morgan fingerprint density at radius 2 is 2.21 bits per heavy atom. The van der Waals surface area contributed by atoms with Crippen LogP contribution in [0.25, 0.3) is 0 Å². The van der Waals surface area contributed by atoms with Gasteiger partial charge in [0.2, 0.25) is 5.91 Å². The highest BCUT2D eigenvalue weighted by Crippen LogP contribution is 2.33. The molecule has 1 fully saturated rings. The number of ether oxygens (including phenoxy) is 2. The molecule has 0 saturated carbocycles. The van der Waals surface area contributed by atoms with Crippen molar-refractivity contribution in [2.45, 2.75) is 26.0 Å². The smallest absolute Gasteiger partial charge is 0.387 e. The maximum absolute atomic E-state index is 12.8. The van der Waals surface area contributed by atoms with Gasteiger partial charge in [0.25, 0.3) is 0 Å². The first kappa shape index (κ1) is 22.9. The van der Waals surface area contributed by atoms with Crippen LogP contribution in [0.2, 0.25) is 0 Å². The molecule has 29 heavy (non-hydrogen) atoms. The number of para-hydroxylation sites is 1. The van der Waals surface area contributed by atoms with Gasteiger partial charge in [-0.25, -0.2) is 0 Å². The van der Waals surface area contributed by atoms with Crippen molar-refractivity contribution < 1.29 is 23.0 Å². The number of rotatable bonds is 8. The number of amides is 1. The minimum absolute atomic E-state index is 0. The molecule has 1 aliphatic rings. The number of hydrogen-bond acceptors (Lipinski definition) is 5. The van der Waals surface area contributed by atoms with Crippen molar-refractivity contribution in [3.05, 3.63) is 41.7 Å². The van der Waals surface area contributed by atoms with Crippen molar-refractivity contribution in [3.63, 3.8) is 0 Å². The topological polar surface area (TPSA) is 77.4 Å². The monoisotopic (exact) mass is 430 g/mol. The number of carbonyl (C=O) groups excluding carboxylic acids is 1. The summed E-state index contributed by atoms with van der Waals surface area (Å²) in [6.07, 6.45) is 3.66. The lowest BCUT2D eigenvalue weighted by atomic mass is 9.90. The van der Waals surface area contributed by atoms with Crippen molar-refractivity contribution in [2.24, 2.45) is 13.0 Å². The Labute approximate surface area is 174 Å². The van der Waals surface area contributed by atoms with Crippen LogP contribution < -0.4 is 20.1 Å². The van der Waals surface area contributed by atoms with Crippen molar-refractivity contribution in [1.82, 2.24) is 20.4 Å². The van der Waals surface area contributed by atoms with E-state index in [-0.39, 0.29) is 48.2 Å². The summed E-state index contributed by atoms with van der Waals surface area (Å²) < 4.78 is 37.4. The van der Waals surface area contributed by atoms with Crippen LogP contribution in [0.1, 0.15) is 24.0 Å². The molecule has 7 nitrogen and oxygen atoms in total. The van der Waals surface area contributed by atoms with E-state index in [4.69, 9.17) is 4.74 Å². The van der Waals surface area contributed by atoms with Crippen LogP contribution in [0.5, 0.6) is 11.5 Å². The number of nitrogens with zero attached hydrogens (tertiary/aromatic N) is 2. The molecule has 1 aromatic heterocycles. The van der Waals surface area contributed by atoms with E-state index in [1.807, 2.05) is 13.2 Å². The van der Waals surface area contributed by atoms with Gasteiger partial charge in [-0.1, -0.05) is 12.1 Å². The van der Waals surface area contributed by atoms with Crippen LogP contribution >= 0.6 is 12.4 Å². The predicted octanol–water partition coefficient (Wildman–Crippen LogP) is 2.46. The Morgan fingerprint density at radius 1 is 1.41 bits per heavy atom. The Balaban J connectivity index is 0.00000300. The molecule has 2 N–H and O–H groups in total. The van der Waals surface area contributed by atoms with E-state index in [1.165, 1.54) is 0 Å². The third-order valence-electron chi connectivity index (χ3n) is 4.72. The van der Waals surface area contributed by atoms with Crippen molar-refractivity contribution >= 4 is 18.3 Å². The quantitative estimate of drug-likeness (QED) is 0.672. The molecule has 1 amide bonds. The number of aromatic nitrogens is 2. The van der Waals surface area contributed by atoms with Crippen LogP contribution in [0.15, 0.2) is 30.6 Å². The van der Waals surface area contributed by atoms with Gasteiger partial charge >= 0.3 is 6.61 Å². The van der Waals surface area contributed by atoms with Gasteiger partial charge in [-0.3, -0.25) is 9.48 Å². The first-order valence-corrected chi connectivity index (χ1v) is 9.16. The summed E-state index contributed by atoms with van der Waals surface area (Å²) in [4.78, 5) is 12.8. The number of halogens is 3. The fourth-order valence-electron chi connectivity index (χ4n) is 3.44. The minimum Gasteiger partial charge on any atom is -0.490 e. The normalized spacial score (nSPS) is 18.4. The Bertz CT molecular complexity index is 819. The molecular formula is C19H25ClF2N4O3. The molecular weight excluding hydrogens is 406 g/mol. The second-order valence-electron chi connectivity index (χ2n) is 6.59. The summed E-state index contributed by atoms with van der Waals surface area (Å²) in [6.45, 7) is 0.388. The first-order valence-electron chi connectivity index (χ1n) is 9.16. The highest BCUT2D eigenvalue weighted by atomic mass is 35.5. The van der Waals surface area contributed by atoms with Crippen LogP contribution in [0.4, 0.5) is 8.78 Å². The second-order valence-corrected chi connectivity index (χ2v) is 6.59. The van der Waals surface area contributed by atoms with E-state index in [0.29, 0.717) is 25.3 Å². The fraction of sp³-hybridized carbons (Fsp3) is 0.474. The number of hydrogen-bond donors (Lipinski definition) is 2. The first-order chi connectivity index (χ1) is 13.5. The molecule has 1 aromatic carbocycles. The van der Waals surface area contributed by atoms with Gasteiger partial charge in [-0.05, 0) is 18.6 Å². The number of benzene rings is 1. The number of carbonyl (C=O) groups is 1. The van der Waals surface area contributed by atoms with E-state index in [2.05, 4.69) is 20.5 Å². The maximum Gasteiger partial charge on any atom is 0.387 e. The van der Waals surface area contributed by atoms with Gasteiger partial charge < -0.3 is 20.1 Å². The van der Waals surface area contributed by atoms with Gasteiger partial charge in [0.1, 0.15) is 0 Å². The molecule has 0 spiro atoms. The average Bonchev–Trinajstić information content (AvgIpc) is 3.30. The zero-order valence-corrected chi connectivity index (χ0v) is 17.0. The standard InChI is InChI=1S/C19H24F2N4O3.ClH/c1-3-27-16-6-4-5-12(17(16)28-19(20)21)7-23-18(26)15-10-22-9-14(15)13-8-24-25(2)11-13;/h4-6,8,11,14-15,19,22H,3,7,9-10H2,1-2H3,(H,23,26);1H/t14-,15+;/m1./s1. The average molecular weight is 431 g/mol. The lowest BCUT2D eigenvalue weighted by Crippen LogP contribution is -2.34. The number of alkyl halides is 2. The van der Waals surface area contributed by atoms with Gasteiger partial charge in [-0.2, -0.15) is 13.9 Å². The van der Waals surface area contributed by atoms with E-state index in [0.717, 1.165) is 5.56 Å². The molecule has 2 heterocycles. The molecule has 2 aromatic rings. The molecule has 0 radical (unpaired) electrons. The lowest BCUT2D eigenvalue weighted by molar-refractivity contribution is -0.125. The van der Waals surface area contributed by atoms with Gasteiger partial charge in [0.05, 0.1) is 18.7 Å². The summed E-state index contributed by atoms with van der Waals surface area (Å²) in [5.41, 5.74) is 1.43. The Kier molecular flexibility index (Phi) is 8.21. The molecule has 160 valence electrons. The van der Waals surface area contributed by atoms with Crippen LogP contribution in [0, 0.1) is 5.92 Å². The summed E-state index contributed by atoms with van der Waals surface area (Å²) in [5.74, 6) is -0.221. The van der Waals surface area contributed by atoms with Gasteiger partial charge in [0.15, 0.2) is 11.5 Å². The third-order valence-corrected chi connectivity index (χ3v) is 4.72. The molecule has 0 bridgehead atoms. The SMILES string of the molecule is CCOc1cccc(CNC(=O)[C@H]2CNC[C@@H]2c2cnn(C)c2)c1OC(F)F.Cl. The van der Waals surface area contributed by atoms with Crippen LogP contribution in [0.3, 0.4) is 0 Å². The summed E-state index contributed by atoms with van der Waals surface area (Å²) in [6, 6.07) is 4.87. The Morgan fingerprint density at radius 3 is 2.86 bits per heavy atom. The number of aryl methyl sites for hydroxylation is 1. The van der Waals surface area contributed by atoms with Crippen LogP contribution in [-0.2, 0) is 18.4 Å². The van der Waals surface area contributed by atoms with E-state index >= 15 is 0 Å². The van der Waals surface area contributed by atoms with Crippen LogP contribution in [-0.4, -0.2) is 42.0 Å². The summed E-state index contributed by atoms with van der Waals surface area (Å²) in [7, 11) is 1.83. The van der Waals surface area contributed by atoms with Crippen molar-refractivity contribution in [2.75, 3.05) is 19.7 Å². The molecule has 2 atom stereocenters. The second kappa shape index (κ2) is 10.4. The maximum atomic E-state index is 12.8. The fourth-order valence-corrected chi connectivity index (χ4v) is 3.44. The minimum atomic E-state index is -2.98. The zero-order chi connectivity index (χ0) is 20.1. The van der Waals surface area contributed by atoms with E-state index in [9.17, 15) is 13.6 Å². The zero-order valence-electron chi connectivity index (χ0n) is 16.2.